The highest BCUT2D eigenvalue weighted by Crippen LogP contribution is 2.43. The summed E-state index contributed by atoms with van der Waals surface area (Å²) in [6, 6.07) is 6.74. The van der Waals surface area contributed by atoms with Crippen molar-refractivity contribution in [3.63, 3.8) is 0 Å². The predicted octanol–water partition coefficient (Wildman–Crippen LogP) is 3.60. The van der Waals surface area contributed by atoms with Gasteiger partial charge in [-0.3, -0.25) is 9.89 Å². The van der Waals surface area contributed by atoms with Gasteiger partial charge in [0.05, 0.1) is 5.52 Å². The molecule has 3 aromatic rings. The van der Waals surface area contributed by atoms with Gasteiger partial charge in [-0.05, 0) is 43.9 Å². The summed E-state index contributed by atoms with van der Waals surface area (Å²) < 4.78 is 0. The van der Waals surface area contributed by atoms with Crippen LogP contribution in [0.4, 0.5) is 0 Å². The van der Waals surface area contributed by atoms with Gasteiger partial charge >= 0.3 is 0 Å². The van der Waals surface area contributed by atoms with Crippen LogP contribution in [-0.2, 0) is 0 Å². The summed E-state index contributed by atoms with van der Waals surface area (Å²) in [5.41, 5.74) is 2.56. The zero-order valence-electron chi connectivity index (χ0n) is 14.1. The number of nitrogens with one attached hydrogen (secondary N) is 1. The maximum atomic E-state index is 12.8. The van der Waals surface area contributed by atoms with Gasteiger partial charge < -0.3 is 4.90 Å². The first-order valence-electron chi connectivity index (χ1n) is 8.80. The van der Waals surface area contributed by atoms with Crippen LogP contribution in [-0.4, -0.2) is 45.5 Å². The number of carbonyl (C=O) groups excluding carboxylic acids is 1. The van der Waals surface area contributed by atoms with Crippen LogP contribution in [0.25, 0.3) is 21.5 Å². The van der Waals surface area contributed by atoms with Crippen molar-refractivity contribution in [1.29, 1.82) is 0 Å². The Bertz CT molecular complexity index is 930. The van der Waals surface area contributed by atoms with Crippen molar-refractivity contribution in [1.82, 2.24) is 20.1 Å². The minimum Gasteiger partial charge on any atom is -0.303 e. The van der Waals surface area contributed by atoms with Crippen molar-refractivity contribution >= 4 is 28.0 Å². The average Bonchev–Trinajstić information content (AvgIpc) is 3.37. The lowest BCUT2D eigenvalue weighted by Gasteiger charge is -2.27. The number of thiazole rings is 1. The highest BCUT2D eigenvalue weighted by molar-refractivity contribution is 7.13. The number of hydrogen-bond acceptors (Lipinski definition) is 5. The molecule has 3 unspecified atom stereocenters. The first-order chi connectivity index (χ1) is 12.2. The number of nitrogens with zero attached hydrogens (tertiary/aromatic N) is 3. The summed E-state index contributed by atoms with van der Waals surface area (Å²) >= 11 is 1.61. The van der Waals surface area contributed by atoms with Crippen molar-refractivity contribution in [3.8, 4) is 10.6 Å². The van der Waals surface area contributed by atoms with Crippen molar-refractivity contribution in [2.24, 2.45) is 11.8 Å². The molecule has 0 spiro atoms. The molecule has 1 N–H and O–H groups in total. The standard InChI is InChI=1S/C19H20N4OS/c1-23-10-13-7-14(23)6-12(13)9-17(24)18-15-3-2-11(8-16(15)21-22-18)19-20-4-5-25-19/h2-5,8,12-14H,6-7,9-10H2,1H3,(H,21,22). The predicted molar refractivity (Wildman–Crippen MR) is 98.8 cm³/mol. The third-order valence-corrected chi connectivity index (χ3v) is 6.74. The molecule has 6 heteroatoms. The van der Waals surface area contributed by atoms with Gasteiger partial charge in [0, 0.05) is 41.5 Å². The Labute approximate surface area is 150 Å². The van der Waals surface area contributed by atoms with E-state index < -0.39 is 0 Å². The minimum absolute atomic E-state index is 0.174. The molecule has 2 aromatic heterocycles. The number of rotatable bonds is 4. The van der Waals surface area contributed by atoms with E-state index in [9.17, 15) is 4.79 Å². The summed E-state index contributed by atoms with van der Waals surface area (Å²) in [7, 11) is 2.20. The van der Waals surface area contributed by atoms with E-state index in [2.05, 4.69) is 27.1 Å². The number of Topliss-reactive ketones (excluding diaryl/α,β-unsaturated/α-hetero) is 1. The molecular weight excluding hydrogens is 332 g/mol. The molecular formula is C19H20N4OS. The molecule has 0 amide bonds. The van der Waals surface area contributed by atoms with Crippen LogP contribution < -0.4 is 0 Å². The third-order valence-electron chi connectivity index (χ3n) is 5.92. The van der Waals surface area contributed by atoms with E-state index in [-0.39, 0.29) is 5.78 Å². The first-order valence-corrected chi connectivity index (χ1v) is 9.68. The van der Waals surface area contributed by atoms with Crippen LogP contribution in [0.3, 0.4) is 0 Å². The molecule has 2 aliphatic rings. The number of hydrogen-bond donors (Lipinski definition) is 1. The number of H-pyrrole nitrogens is 1. The van der Waals surface area contributed by atoms with Crippen molar-refractivity contribution < 1.29 is 4.79 Å². The molecule has 25 heavy (non-hydrogen) atoms. The molecule has 1 aliphatic heterocycles. The first kappa shape index (κ1) is 15.2. The second-order valence-corrected chi connectivity index (χ2v) is 8.28. The number of carbonyl (C=O) groups is 1. The van der Waals surface area contributed by atoms with Gasteiger partial charge in [0.2, 0.25) is 0 Å². The Morgan fingerprint density at radius 2 is 2.32 bits per heavy atom. The van der Waals surface area contributed by atoms with E-state index >= 15 is 0 Å². The molecule has 5 rings (SSSR count). The third kappa shape index (κ3) is 2.51. The molecule has 5 nitrogen and oxygen atoms in total. The Morgan fingerprint density at radius 1 is 1.40 bits per heavy atom. The fourth-order valence-electron chi connectivity index (χ4n) is 4.60. The van der Waals surface area contributed by atoms with E-state index in [4.69, 9.17) is 0 Å². The normalized spacial score (nSPS) is 25.9. The Morgan fingerprint density at radius 3 is 3.04 bits per heavy atom. The molecule has 1 aromatic carbocycles. The van der Waals surface area contributed by atoms with Gasteiger partial charge in [0.15, 0.2) is 5.78 Å². The number of ketones is 1. The Kier molecular flexibility index (Phi) is 3.50. The lowest BCUT2D eigenvalue weighted by Crippen LogP contribution is -2.32. The van der Waals surface area contributed by atoms with Crippen LogP contribution in [0.5, 0.6) is 0 Å². The molecule has 0 radical (unpaired) electrons. The van der Waals surface area contributed by atoms with Crippen LogP contribution in [0.15, 0.2) is 29.8 Å². The number of aromatic nitrogens is 3. The molecule has 3 heterocycles. The largest absolute Gasteiger partial charge is 0.303 e. The van der Waals surface area contributed by atoms with Gasteiger partial charge in [-0.25, -0.2) is 4.98 Å². The monoisotopic (exact) mass is 352 g/mol. The molecule has 2 bridgehead atoms. The van der Waals surface area contributed by atoms with Gasteiger partial charge in [-0.15, -0.1) is 11.3 Å². The lowest BCUT2D eigenvalue weighted by atomic mass is 9.89. The number of benzene rings is 1. The molecule has 128 valence electrons. The quantitative estimate of drug-likeness (QED) is 0.729. The molecule has 1 aliphatic carbocycles. The number of aromatic amines is 1. The highest BCUT2D eigenvalue weighted by atomic mass is 32.1. The van der Waals surface area contributed by atoms with E-state index in [1.165, 1.54) is 6.42 Å². The number of likely N-dealkylation sites (tertiary alicyclic amines) is 1. The molecule has 1 saturated carbocycles. The maximum absolute atomic E-state index is 12.8. The molecule has 3 atom stereocenters. The summed E-state index contributed by atoms with van der Waals surface area (Å²) in [5, 5.41) is 11.2. The SMILES string of the molecule is CN1CC2CC1CC2CC(=O)c1n[nH]c2cc(-c3nccs3)ccc12. The minimum atomic E-state index is 0.174. The van der Waals surface area contributed by atoms with Crippen LogP contribution in [0.1, 0.15) is 29.8 Å². The smallest absolute Gasteiger partial charge is 0.183 e. The van der Waals surface area contributed by atoms with E-state index in [0.29, 0.717) is 30.0 Å². The second kappa shape index (κ2) is 5.75. The second-order valence-electron chi connectivity index (χ2n) is 7.38. The van der Waals surface area contributed by atoms with Crippen molar-refractivity contribution in [2.75, 3.05) is 13.6 Å². The van der Waals surface area contributed by atoms with Crippen molar-refractivity contribution in [2.45, 2.75) is 25.3 Å². The molecule has 2 fully saturated rings. The average molecular weight is 352 g/mol. The topological polar surface area (TPSA) is 61.9 Å². The Balaban J connectivity index is 1.39. The van der Waals surface area contributed by atoms with Gasteiger partial charge in [-0.1, -0.05) is 6.07 Å². The summed E-state index contributed by atoms with van der Waals surface area (Å²) in [4.78, 5) is 19.6. The Hall–Kier alpha value is -2.05. The summed E-state index contributed by atoms with van der Waals surface area (Å²) in [5.74, 6) is 1.38. The van der Waals surface area contributed by atoms with Gasteiger partial charge in [-0.2, -0.15) is 5.10 Å². The fraction of sp³-hybridized carbons (Fsp3) is 0.421. The fourth-order valence-corrected chi connectivity index (χ4v) is 5.23. The maximum Gasteiger partial charge on any atom is 0.183 e. The number of fused-ring (bicyclic) bond motifs is 3. The van der Waals surface area contributed by atoms with Crippen LogP contribution in [0.2, 0.25) is 0 Å². The van der Waals surface area contributed by atoms with E-state index in [0.717, 1.165) is 34.4 Å². The van der Waals surface area contributed by atoms with Gasteiger partial charge in [0.1, 0.15) is 10.7 Å². The van der Waals surface area contributed by atoms with Crippen LogP contribution in [0, 0.1) is 11.8 Å². The summed E-state index contributed by atoms with van der Waals surface area (Å²) in [6.07, 6.45) is 4.85. The molecule has 1 saturated heterocycles. The number of piperidine rings is 1. The highest BCUT2D eigenvalue weighted by Gasteiger charge is 2.43. The summed E-state index contributed by atoms with van der Waals surface area (Å²) in [6.45, 7) is 1.14. The zero-order chi connectivity index (χ0) is 17.0. The van der Waals surface area contributed by atoms with E-state index in [1.54, 1.807) is 17.5 Å². The van der Waals surface area contributed by atoms with E-state index in [1.807, 2.05) is 23.6 Å². The van der Waals surface area contributed by atoms with Gasteiger partial charge in [0.25, 0.3) is 0 Å². The lowest BCUT2D eigenvalue weighted by molar-refractivity contribution is 0.0927. The van der Waals surface area contributed by atoms with Crippen LogP contribution >= 0.6 is 11.3 Å². The zero-order valence-corrected chi connectivity index (χ0v) is 14.9. The van der Waals surface area contributed by atoms with Crippen molar-refractivity contribution in [3.05, 3.63) is 35.5 Å².